The van der Waals surface area contributed by atoms with E-state index in [-0.39, 0.29) is 5.78 Å². The first-order chi connectivity index (χ1) is 9.52. The maximum atomic E-state index is 13.0. The fourth-order valence-electron chi connectivity index (χ4n) is 2.87. The van der Waals surface area contributed by atoms with Gasteiger partial charge in [0.25, 0.3) is 0 Å². The van der Waals surface area contributed by atoms with Crippen LogP contribution in [0.3, 0.4) is 0 Å². The lowest BCUT2D eigenvalue weighted by Gasteiger charge is -2.39. The predicted octanol–water partition coefficient (Wildman–Crippen LogP) is 2.36. The minimum Gasteiger partial charge on any atom is -0.493 e. The SMILES string of the molecule is CCn1ncc(OC)c1C(=O)C(C)(C)N1CCCCC1. The van der Waals surface area contributed by atoms with Gasteiger partial charge in [0.1, 0.15) is 5.69 Å². The van der Waals surface area contributed by atoms with Crippen molar-refractivity contribution in [2.75, 3.05) is 20.2 Å². The van der Waals surface area contributed by atoms with E-state index < -0.39 is 5.54 Å². The normalized spacial score (nSPS) is 17.2. The molecule has 0 amide bonds. The van der Waals surface area contributed by atoms with Crippen molar-refractivity contribution in [1.82, 2.24) is 14.7 Å². The number of likely N-dealkylation sites (tertiary alicyclic amines) is 1. The van der Waals surface area contributed by atoms with Crippen LogP contribution in [0.5, 0.6) is 5.75 Å². The number of hydrogen-bond donors (Lipinski definition) is 0. The number of rotatable bonds is 5. The van der Waals surface area contributed by atoms with Crippen molar-refractivity contribution in [2.24, 2.45) is 0 Å². The van der Waals surface area contributed by atoms with Crippen LogP contribution in [0.1, 0.15) is 50.5 Å². The van der Waals surface area contributed by atoms with E-state index in [0.717, 1.165) is 13.1 Å². The maximum Gasteiger partial charge on any atom is 0.204 e. The molecule has 2 heterocycles. The third-order valence-corrected chi connectivity index (χ3v) is 4.24. The highest BCUT2D eigenvalue weighted by Crippen LogP contribution is 2.28. The van der Waals surface area contributed by atoms with Crippen molar-refractivity contribution in [3.8, 4) is 5.75 Å². The van der Waals surface area contributed by atoms with Gasteiger partial charge in [-0.25, -0.2) is 0 Å². The molecule has 0 aromatic carbocycles. The molecule has 1 fully saturated rings. The van der Waals surface area contributed by atoms with Gasteiger partial charge in [0.2, 0.25) is 5.78 Å². The first-order valence-electron chi connectivity index (χ1n) is 7.42. The van der Waals surface area contributed by atoms with Crippen LogP contribution < -0.4 is 4.74 Å². The van der Waals surface area contributed by atoms with Gasteiger partial charge in [-0.15, -0.1) is 0 Å². The zero-order valence-corrected chi connectivity index (χ0v) is 13.0. The standard InChI is InChI=1S/C15H25N3O2/c1-5-18-13(12(20-4)11-16-18)14(19)15(2,3)17-9-7-6-8-10-17/h11H,5-10H2,1-4H3. The molecule has 1 aromatic heterocycles. The molecule has 1 aromatic rings. The van der Waals surface area contributed by atoms with Gasteiger partial charge in [0.05, 0.1) is 18.8 Å². The van der Waals surface area contributed by atoms with Crippen molar-refractivity contribution < 1.29 is 9.53 Å². The summed E-state index contributed by atoms with van der Waals surface area (Å²) in [5.74, 6) is 0.664. The highest BCUT2D eigenvalue weighted by atomic mass is 16.5. The highest BCUT2D eigenvalue weighted by Gasteiger charge is 2.38. The number of ether oxygens (including phenoxy) is 1. The van der Waals surface area contributed by atoms with Crippen molar-refractivity contribution in [3.05, 3.63) is 11.9 Å². The quantitative estimate of drug-likeness (QED) is 0.776. The average Bonchev–Trinajstić information content (AvgIpc) is 2.90. The number of hydrogen-bond acceptors (Lipinski definition) is 4. The molecule has 1 aliphatic rings. The van der Waals surface area contributed by atoms with Crippen molar-refractivity contribution in [2.45, 2.75) is 52.1 Å². The topological polar surface area (TPSA) is 47.4 Å². The smallest absolute Gasteiger partial charge is 0.204 e. The number of carbonyl (C=O) groups excluding carboxylic acids is 1. The summed E-state index contributed by atoms with van der Waals surface area (Å²) in [6.45, 7) is 8.64. The van der Waals surface area contributed by atoms with Crippen molar-refractivity contribution in [3.63, 3.8) is 0 Å². The fraction of sp³-hybridized carbons (Fsp3) is 0.733. The number of nitrogens with zero attached hydrogens (tertiary/aromatic N) is 3. The highest BCUT2D eigenvalue weighted by molar-refractivity contribution is 6.03. The monoisotopic (exact) mass is 279 g/mol. The third-order valence-electron chi connectivity index (χ3n) is 4.24. The molecule has 1 saturated heterocycles. The summed E-state index contributed by atoms with van der Waals surface area (Å²) >= 11 is 0. The van der Waals surface area contributed by atoms with Crippen LogP contribution in [-0.2, 0) is 6.54 Å². The molecular weight excluding hydrogens is 254 g/mol. The number of aromatic nitrogens is 2. The van der Waals surface area contributed by atoms with Gasteiger partial charge in [-0.1, -0.05) is 6.42 Å². The number of methoxy groups -OCH3 is 1. The van der Waals surface area contributed by atoms with E-state index in [1.165, 1.54) is 19.3 Å². The summed E-state index contributed by atoms with van der Waals surface area (Å²) in [4.78, 5) is 15.3. The summed E-state index contributed by atoms with van der Waals surface area (Å²) in [5, 5.41) is 4.24. The Hall–Kier alpha value is -1.36. The predicted molar refractivity (Wildman–Crippen MR) is 78.3 cm³/mol. The van der Waals surface area contributed by atoms with Gasteiger partial charge < -0.3 is 4.74 Å². The van der Waals surface area contributed by atoms with E-state index in [1.807, 2.05) is 20.8 Å². The molecule has 0 aliphatic carbocycles. The summed E-state index contributed by atoms with van der Waals surface area (Å²) < 4.78 is 7.04. The number of aryl methyl sites for hydroxylation is 1. The molecule has 112 valence electrons. The van der Waals surface area contributed by atoms with Crippen molar-refractivity contribution >= 4 is 5.78 Å². The molecular formula is C15H25N3O2. The Balaban J connectivity index is 2.31. The van der Waals surface area contributed by atoms with Gasteiger partial charge in [-0.2, -0.15) is 5.10 Å². The summed E-state index contributed by atoms with van der Waals surface area (Å²) in [5.41, 5.74) is 0.0753. The van der Waals surface area contributed by atoms with Crippen LogP contribution in [0.25, 0.3) is 0 Å². The summed E-state index contributed by atoms with van der Waals surface area (Å²) in [6.07, 6.45) is 5.22. The molecule has 0 bridgehead atoms. The number of ketones is 1. The Morgan fingerprint density at radius 3 is 2.55 bits per heavy atom. The molecule has 0 unspecified atom stereocenters. The summed E-state index contributed by atoms with van der Waals surface area (Å²) in [6, 6.07) is 0. The molecule has 0 radical (unpaired) electrons. The van der Waals surface area contributed by atoms with Crippen LogP contribution in [0.15, 0.2) is 6.20 Å². The Morgan fingerprint density at radius 2 is 2.00 bits per heavy atom. The van der Waals surface area contributed by atoms with Crippen LogP contribution in [0.4, 0.5) is 0 Å². The zero-order chi connectivity index (χ0) is 14.8. The second kappa shape index (κ2) is 5.95. The third kappa shape index (κ3) is 2.59. The van der Waals surface area contributed by atoms with Crippen molar-refractivity contribution in [1.29, 1.82) is 0 Å². The van der Waals surface area contributed by atoms with Gasteiger partial charge in [-0.05, 0) is 46.7 Å². The van der Waals surface area contributed by atoms with Gasteiger partial charge in [0.15, 0.2) is 5.75 Å². The minimum absolute atomic E-state index is 0.0931. The van der Waals surface area contributed by atoms with Crippen LogP contribution in [0, 0.1) is 0 Å². The van der Waals surface area contributed by atoms with Gasteiger partial charge in [0, 0.05) is 6.54 Å². The van der Waals surface area contributed by atoms with E-state index in [2.05, 4.69) is 10.00 Å². The molecule has 0 saturated carbocycles. The lowest BCUT2D eigenvalue weighted by Crippen LogP contribution is -2.52. The first-order valence-corrected chi connectivity index (χ1v) is 7.42. The van der Waals surface area contributed by atoms with E-state index in [9.17, 15) is 4.79 Å². The number of Topliss-reactive ketones (excluding diaryl/α,β-unsaturated/α-hetero) is 1. The minimum atomic E-state index is -0.513. The number of carbonyl (C=O) groups is 1. The Labute approximate surface area is 120 Å². The number of piperidine rings is 1. The lowest BCUT2D eigenvalue weighted by atomic mass is 9.91. The van der Waals surface area contributed by atoms with E-state index in [4.69, 9.17) is 4.74 Å². The second-order valence-corrected chi connectivity index (χ2v) is 5.81. The van der Waals surface area contributed by atoms with E-state index in [1.54, 1.807) is 18.0 Å². The molecule has 5 nitrogen and oxygen atoms in total. The summed E-state index contributed by atoms with van der Waals surface area (Å²) in [7, 11) is 1.59. The van der Waals surface area contributed by atoms with Crippen LogP contribution in [0.2, 0.25) is 0 Å². The van der Waals surface area contributed by atoms with Crippen LogP contribution in [-0.4, -0.2) is 46.2 Å². The second-order valence-electron chi connectivity index (χ2n) is 5.81. The molecule has 0 spiro atoms. The average molecular weight is 279 g/mol. The Bertz CT molecular complexity index is 452. The van der Waals surface area contributed by atoms with E-state index >= 15 is 0 Å². The first kappa shape index (κ1) is 15.0. The Morgan fingerprint density at radius 1 is 1.35 bits per heavy atom. The molecule has 20 heavy (non-hydrogen) atoms. The lowest BCUT2D eigenvalue weighted by molar-refractivity contribution is 0.0565. The Kier molecular flexibility index (Phi) is 4.48. The molecule has 0 N–H and O–H groups in total. The van der Waals surface area contributed by atoms with Gasteiger partial charge in [-0.3, -0.25) is 14.4 Å². The molecule has 0 atom stereocenters. The fourth-order valence-corrected chi connectivity index (χ4v) is 2.87. The van der Waals surface area contributed by atoms with Gasteiger partial charge >= 0.3 is 0 Å². The molecule has 5 heteroatoms. The molecule has 1 aliphatic heterocycles. The van der Waals surface area contributed by atoms with Crippen LogP contribution >= 0.6 is 0 Å². The molecule has 2 rings (SSSR count). The largest absolute Gasteiger partial charge is 0.493 e. The van der Waals surface area contributed by atoms with E-state index in [0.29, 0.717) is 18.0 Å². The maximum absolute atomic E-state index is 13.0. The zero-order valence-electron chi connectivity index (χ0n) is 13.0.